The molecule has 0 spiro atoms. The molecule has 0 saturated carbocycles. The molecule has 0 bridgehead atoms. The van der Waals surface area contributed by atoms with Gasteiger partial charge in [-0.2, -0.15) is 0 Å². The lowest BCUT2D eigenvalue weighted by atomic mass is 10.2. The van der Waals surface area contributed by atoms with Gasteiger partial charge in [0.1, 0.15) is 0 Å². The first-order valence-electron chi connectivity index (χ1n) is 5.38. The molecule has 1 aromatic carbocycles. The number of oxime groups is 1. The summed E-state index contributed by atoms with van der Waals surface area (Å²) in [6.07, 6.45) is 1.67. The van der Waals surface area contributed by atoms with Crippen molar-refractivity contribution in [3.63, 3.8) is 0 Å². The van der Waals surface area contributed by atoms with E-state index in [4.69, 9.17) is 4.84 Å². The summed E-state index contributed by atoms with van der Waals surface area (Å²) in [6.45, 7) is 1.58. The largest absolute Gasteiger partial charge is 0.383 e. The van der Waals surface area contributed by atoms with Crippen molar-refractivity contribution in [2.75, 3.05) is 19.7 Å². The van der Waals surface area contributed by atoms with Gasteiger partial charge in [0, 0.05) is 5.56 Å². The highest BCUT2D eigenvalue weighted by Crippen LogP contribution is 1.94. The summed E-state index contributed by atoms with van der Waals surface area (Å²) in [4.78, 5) is 9.12. The van der Waals surface area contributed by atoms with Gasteiger partial charge < -0.3 is 10.2 Å². The second-order valence-electron chi connectivity index (χ2n) is 3.45. The van der Waals surface area contributed by atoms with Gasteiger partial charge in [-0.1, -0.05) is 35.2 Å². The van der Waals surface area contributed by atoms with Gasteiger partial charge in [0.2, 0.25) is 0 Å². The lowest BCUT2D eigenvalue weighted by molar-refractivity contribution is 0.179. The molecule has 0 amide bonds. The summed E-state index contributed by atoms with van der Waals surface area (Å²) in [7, 11) is 0. The van der Waals surface area contributed by atoms with Crippen LogP contribution in [-0.4, -0.2) is 31.7 Å². The van der Waals surface area contributed by atoms with Crippen LogP contribution in [0.25, 0.3) is 0 Å². The van der Waals surface area contributed by atoms with Gasteiger partial charge in [-0.15, -0.1) is 12.4 Å². The molecule has 1 N–H and O–H groups in total. The molecule has 0 atom stereocenters. The molecule has 1 aliphatic rings. The summed E-state index contributed by atoms with van der Waals surface area (Å²) < 4.78 is 0. The Kier molecular flexibility index (Phi) is 6.37. The molecule has 4 nitrogen and oxygen atoms in total. The second kappa shape index (κ2) is 8.15. The second-order valence-corrected chi connectivity index (χ2v) is 3.45. The maximum atomic E-state index is 5.10. The maximum absolute atomic E-state index is 5.10. The molecule has 1 heterocycles. The lowest BCUT2D eigenvalue weighted by Crippen LogP contribution is -2.28. The van der Waals surface area contributed by atoms with Crippen LogP contribution in [0, 0.1) is 11.8 Å². The predicted octanol–water partition coefficient (Wildman–Crippen LogP) is 1.46. The molecule has 1 aromatic rings. The van der Waals surface area contributed by atoms with Crippen LogP contribution in [-0.2, 0) is 4.84 Å². The highest BCUT2D eigenvalue weighted by molar-refractivity contribution is 5.92. The Morgan fingerprint density at radius 1 is 1.33 bits per heavy atom. The molecular formula is C13H14ClN3O. The molecular weight excluding hydrogens is 250 g/mol. The Hall–Kier alpha value is -1.99. The van der Waals surface area contributed by atoms with Gasteiger partial charge in [0.05, 0.1) is 25.1 Å². The van der Waals surface area contributed by atoms with E-state index in [-0.39, 0.29) is 12.4 Å². The Balaban J connectivity index is 0.00000162. The van der Waals surface area contributed by atoms with Gasteiger partial charge in [0.25, 0.3) is 0 Å². The van der Waals surface area contributed by atoms with Gasteiger partial charge >= 0.3 is 0 Å². The van der Waals surface area contributed by atoms with Crippen LogP contribution in [0.15, 0.2) is 40.5 Å². The minimum absolute atomic E-state index is 0. The summed E-state index contributed by atoms with van der Waals surface area (Å²) in [5.41, 5.74) is 1.86. The fraction of sp³-hybridized carbons (Fsp3) is 0.231. The SMILES string of the molecule is C(#Cc1ccccc1)CO/N=C1/CN=CNC1.Cl. The Bertz CT molecular complexity index is 474. The van der Waals surface area contributed by atoms with E-state index in [1.807, 2.05) is 30.3 Å². The van der Waals surface area contributed by atoms with Crippen LogP contribution >= 0.6 is 12.4 Å². The lowest BCUT2D eigenvalue weighted by Gasteiger charge is -2.07. The zero-order valence-corrected chi connectivity index (χ0v) is 10.6. The highest BCUT2D eigenvalue weighted by atomic mass is 35.5. The number of nitrogens with zero attached hydrogens (tertiary/aromatic N) is 2. The van der Waals surface area contributed by atoms with Crippen molar-refractivity contribution in [3.8, 4) is 11.8 Å². The molecule has 0 aliphatic carbocycles. The van der Waals surface area contributed by atoms with Crippen molar-refractivity contribution >= 4 is 24.5 Å². The van der Waals surface area contributed by atoms with Gasteiger partial charge in [0.15, 0.2) is 6.61 Å². The zero-order valence-electron chi connectivity index (χ0n) is 9.80. The van der Waals surface area contributed by atoms with Crippen molar-refractivity contribution in [1.82, 2.24) is 5.32 Å². The third kappa shape index (κ3) is 4.89. The molecule has 94 valence electrons. The minimum Gasteiger partial charge on any atom is -0.383 e. The fourth-order valence-corrected chi connectivity index (χ4v) is 1.31. The van der Waals surface area contributed by atoms with Crippen LogP contribution in [0.2, 0.25) is 0 Å². The molecule has 0 aromatic heterocycles. The summed E-state index contributed by atoms with van der Waals surface area (Å²) in [5, 5.41) is 6.92. The average molecular weight is 264 g/mol. The molecule has 2 rings (SSSR count). The number of rotatable bonds is 2. The van der Waals surface area contributed by atoms with E-state index in [1.54, 1.807) is 6.34 Å². The maximum Gasteiger partial charge on any atom is 0.177 e. The number of benzene rings is 1. The Labute approximate surface area is 113 Å². The van der Waals surface area contributed by atoms with Crippen molar-refractivity contribution in [2.45, 2.75) is 0 Å². The smallest absolute Gasteiger partial charge is 0.177 e. The highest BCUT2D eigenvalue weighted by Gasteiger charge is 2.00. The summed E-state index contributed by atoms with van der Waals surface area (Å²) in [6, 6.07) is 9.79. The summed E-state index contributed by atoms with van der Waals surface area (Å²) >= 11 is 0. The quantitative estimate of drug-likeness (QED) is 0.499. The minimum atomic E-state index is 0. The van der Waals surface area contributed by atoms with Crippen LogP contribution < -0.4 is 5.32 Å². The number of hydrogen-bond acceptors (Lipinski definition) is 4. The molecule has 0 radical (unpaired) electrons. The molecule has 0 saturated heterocycles. The van der Waals surface area contributed by atoms with Gasteiger partial charge in [-0.05, 0) is 12.1 Å². The average Bonchev–Trinajstić information content (AvgIpc) is 2.41. The Morgan fingerprint density at radius 2 is 2.17 bits per heavy atom. The molecule has 18 heavy (non-hydrogen) atoms. The predicted molar refractivity (Wildman–Crippen MR) is 75.3 cm³/mol. The molecule has 1 aliphatic heterocycles. The molecule has 0 fully saturated rings. The summed E-state index contributed by atoms with van der Waals surface area (Å²) in [5.74, 6) is 5.90. The first kappa shape index (κ1) is 14.1. The molecule has 0 unspecified atom stereocenters. The Morgan fingerprint density at radius 3 is 2.89 bits per heavy atom. The van der Waals surface area contributed by atoms with Crippen LogP contribution in [0.1, 0.15) is 5.56 Å². The molecule has 5 heteroatoms. The van der Waals surface area contributed by atoms with E-state index in [2.05, 4.69) is 27.3 Å². The third-order valence-electron chi connectivity index (χ3n) is 2.10. The third-order valence-corrected chi connectivity index (χ3v) is 2.10. The topological polar surface area (TPSA) is 46.0 Å². The number of aliphatic imine (C=N–C) groups is 1. The van der Waals surface area contributed by atoms with Crippen molar-refractivity contribution < 1.29 is 4.84 Å². The van der Waals surface area contributed by atoms with E-state index in [0.717, 1.165) is 11.3 Å². The van der Waals surface area contributed by atoms with Crippen molar-refractivity contribution in [1.29, 1.82) is 0 Å². The standard InChI is InChI=1S/C13H13N3O.ClH/c1-2-5-12(6-3-1)7-4-8-17-16-13-9-14-11-15-10-13;/h1-3,5-6,11H,8-10H2,(H,14,15);1H. The fourth-order valence-electron chi connectivity index (χ4n) is 1.31. The van der Waals surface area contributed by atoms with Gasteiger partial charge in [-0.3, -0.25) is 4.99 Å². The number of halogens is 1. The van der Waals surface area contributed by atoms with E-state index < -0.39 is 0 Å². The first-order chi connectivity index (χ1) is 8.45. The number of hydrogen-bond donors (Lipinski definition) is 1. The number of nitrogens with one attached hydrogen (secondary N) is 1. The van der Waals surface area contributed by atoms with E-state index in [9.17, 15) is 0 Å². The van der Waals surface area contributed by atoms with E-state index in [0.29, 0.717) is 19.7 Å². The normalized spacial score (nSPS) is 15.0. The van der Waals surface area contributed by atoms with Crippen LogP contribution in [0.3, 0.4) is 0 Å². The van der Waals surface area contributed by atoms with E-state index in [1.165, 1.54) is 0 Å². The van der Waals surface area contributed by atoms with Crippen LogP contribution in [0.5, 0.6) is 0 Å². The zero-order chi connectivity index (χ0) is 11.8. The van der Waals surface area contributed by atoms with Crippen molar-refractivity contribution in [3.05, 3.63) is 35.9 Å². The first-order valence-corrected chi connectivity index (χ1v) is 5.38. The monoisotopic (exact) mass is 263 g/mol. The van der Waals surface area contributed by atoms with Gasteiger partial charge in [-0.25, -0.2) is 0 Å². The van der Waals surface area contributed by atoms with Crippen LogP contribution in [0.4, 0.5) is 0 Å². The van der Waals surface area contributed by atoms with Crippen molar-refractivity contribution in [2.24, 2.45) is 10.1 Å². The van der Waals surface area contributed by atoms with E-state index >= 15 is 0 Å².